The SMILES string of the molecule is CCCCCCCCCCCCCCCCCCN1C(=O)[C@@H]2[C@H](C1=O)[C@@H]1CC[C@@H]2O1. The Morgan fingerprint density at radius 2 is 1.00 bits per heavy atom. The molecule has 4 nitrogen and oxygen atoms in total. The van der Waals surface area contributed by atoms with E-state index < -0.39 is 0 Å². The molecule has 0 unspecified atom stereocenters. The first-order chi connectivity index (χ1) is 14.7. The molecule has 0 aromatic carbocycles. The zero-order chi connectivity index (χ0) is 21.2. The number of rotatable bonds is 17. The van der Waals surface area contributed by atoms with Gasteiger partial charge in [0.25, 0.3) is 0 Å². The Morgan fingerprint density at radius 1 is 0.633 bits per heavy atom. The standard InChI is InChI=1S/C26H45NO3/c1-2-3-4-5-6-7-8-9-10-11-12-13-14-15-16-17-20-27-25(28)23-21-18-19-22(30-21)24(23)26(27)29/h21-24H,2-20H2,1H3/t21-,22-,23-,24+/m0/s1. The van der Waals surface area contributed by atoms with Crippen LogP contribution in [-0.2, 0) is 14.3 Å². The molecule has 0 aliphatic carbocycles. The summed E-state index contributed by atoms with van der Waals surface area (Å²) >= 11 is 0. The highest BCUT2D eigenvalue weighted by atomic mass is 16.5. The van der Waals surface area contributed by atoms with Crippen molar-refractivity contribution >= 4 is 11.8 Å². The number of hydrogen-bond acceptors (Lipinski definition) is 3. The molecule has 0 saturated carbocycles. The molecule has 3 aliphatic rings. The molecule has 0 aromatic rings. The summed E-state index contributed by atoms with van der Waals surface area (Å²) in [6, 6.07) is 0. The summed E-state index contributed by atoms with van der Waals surface area (Å²) in [7, 11) is 0. The summed E-state index contributed by atoms with van der Waals surface area (Å²) < 4.78 is 5.80. The lowest BCUT2D eigenvalue weighted by atomic mass is 9.81. The number of carbonyl (C=O) groups excluding carboxylic acids is 2. The van der Waals surface area contributed by atoms with Crippen molar-refractivity contribution in [2.45, 2.75) is 135 Å². The van der Waals surface area contributed by atoms with Gasteiger partial charge in [-0.15, -0.1) is 0 Å². The Bertz CT molecular complexity index is 506. The molecule has 0 N–H and O–H groups in total. The van der Waals surface area contributed by atoms with Crippen molar-refractivity contribution in [3.8, 4) is 0 Å². The van der Waals surface area contributed by atoms with Crippen LogP contribution in [0.25, 0.3) is 0 Å². The second-order valence-electron chi connectivity index (χ2n) is 9.97. The fraction of sp³-hybridized carbons (Fsp3) is 0.923. The Kier molecular flexibility index (Phi) is 10.2. The average molecular weight is 420 g/mol. The number of nitrogens with zero attached hydrogens (tertiary/aromatic N) is 1. The highest BCUT2D eigenvalue weighted by Crippen LogP contribution is 2.48. The Morgan fingerprint density at radius 3 is 1.40 bits per heavy atom. The van der Waals surface area contributed by atoms with E-state index in [1.807, 2.05) is 0 Å². The van der Waals surface area contributed by atoms with Gasteiger partial charge in [0.2, 0.25) is 11.8 Å². The molecule has 172 valence electrons. The van der Waals surface area contributed by atoms with Crippen LogP contribution in [0.1, 0.15) is 122 Å². The first-order valence-electron chi connectivity index (χ1n) is 13.2. The number of imide groups is 1. The maximum Gasteiger partial charge on any atom is 0.235 e. The normalized spacial score (nSPS) is 27.4. The van der Waals surface area contributed by atoms with E-state index in [0.29, 0.717) is 6.54 Å². The van der Waals surface area contributed by atoms with Crippen molar-refractivity contribution in [3.63, 3.8) is 0 Å². The van der Waals surface area contributed by atoms with Crippen LogP contribution in [0.4, 0.5) is 0 Å². The van der Waals surface area contributed by atoms with E-state index in [4.69, 9.17) is 4.74 Å². The largest absolute Gasteiger partial charge is 0.373 e. The van der Waals surface area contributed by atoms with Crippen LogP contribution >= 0.6 is 0 Å². The minimum atomic E-state index is -0.155. The van der Waals surface area contributed by atoms with Gasteiger partial charge in [0.1, 0.15) is 0 Å². The van der Waals surface area contributed by atoms with Gasteiger partial charge >= 0.3 is 0 Å². The second kappa shape index (κ2) is 12.8. The summed E-state index contributed by atoms with van der Waals surface area (Å²) in [4.78, 5) is 26.8. The minimum absolute atomic E-state index is 0.0206. The molecule has 3 aliphatic heterocycles. The first-order valence-corrected chi connectivity index (χ1v) is 13.2. The third-order valence-electron chi connectivity index (χ3n) is 7.61. The van der Waals surface area contributed by atoms with Crippen molar-refractivity contribution in [3.05, 3.63) is 0 Å². The first kappa shape index (κ1) is 23.8. The topological polar surface area (TPSA) is 46.6 Å². The zero-order valence-electron chi connectivity index (χ0n) is 19.4. The van der Waals surface area contributed by atoms with E-state index in [2.05, 4.69) is 6.92 Å². The number of fused-ring (bicyclic) bond motifs is 5. The van der Waals surface area contributed by atoms with Crippen molar-refractivity contribution in [1.29, 1.82) is 0 Å². The molecule has 0 spiro atoms. The number of hydrogen-bond donors (Lipinski definition) is 0. The van der Waals surface area contributed by atoms with Gasteiger partial charge in [-0.05, 0) is 19.3 Å². The molecular formula is C26H45NO3. The fourth-order valence-electron chi connectivity index (χ4n) is 5.81. The van der Waals surface area contributed by atoms with Crippen molar-refractivity contribution in [2.24, 2.45) is 11.8 Å². The summed E-state index contributed by atoms with van der Waals surface area (Å²) in [5.74, 6) is -0.203. The minimum Gasteiger partial charge on any atom is -0.373 e. The van der Waals surface area contributed by atoms with Crippen LogP contribution < -0.4 is 0 Å². The summed E-state index contributed by atoms with van der Waals surface area (Å²) in [6.45, 7) is 2.91. The number of unbranched alkanes of at least 4 members (excludes halogenated alkanes) is 15. The van der Waals surface area contributed by atoms with Crippen molar-refractivity contribution in [2.75, 3.05) is 6.54 Å². The van der Waals surface area contributed by atoms with Crippen LogP contribution in [0, 0.1) is 11.8 Å². The fourth-order valence-corrected chi connectivity index (χ4v) is 5.81. The van der Waals surface area contributed by atoms with E-state index in [0.717, 1.165) is 25.7 Å². The van der Waals surface area contributed by atoms with Crippen LogP contribution in [0.5, 0.6) is 0 Å². The molecule has 3 fully saturated rings. The second-order valence-corrected chi connectivity index (χ2v) is 9.97. The maximum absolute atomic E-state index is 12.6. The lowest BCUT2D eigenvalue weighted by molar-refractivity contribution is -0.142. The van der Waals surface area contributed by atoms with Gasteiger partial charge in [-0.25, -0.2) is 0 Å². The van der Waals surface area contributed by atoms with E-state index in [1.54, 1.807) is 4.90 Å². The number of carbonyl (C=O) groups is 2. The molecule has 2 amide bonds. The van der Waals surface area contributed by atoms with E-state index in [9.17, 15) is 9.59 Å². The monoisotopic (exact) mass is 419 g/mol. The van der Waals surface area contributed by atoms with Crippen LogP contribution in [0.15, 0.2) is 0 Å². The lowest BCUT2D eigenvalue weighted by Gasteiger charge is -2.17. The van der Waals surface area contributed by atoms with Crippen LogP contribution in [-0.4, -0.2) is 35.5 Å². The zero-order valence-corrected chi connectivity index (χ0v) is 19.4. The van der Waals surface area contributed by atoms with Crippen molar-refractivity contribution < 1.29 is 14.3 Å². The summed E-state index contributed by atoms with van der Waals surface area (Å²) in [6.07, 6.45) is 23.4. The number of ether oxygens (including phenoxy) is 1. The molecule has 3 rings (SSSR count). The molecular weight excluding hydrogens is 374 g/mol. The Balaban J connectivity index is 1.11. The van der Waals surface area contributed by atoms with Gasteiger partial charge in [0.05, 0.1) is 24.0 Å². The third-order valence-corrected chi connectivity index (χ3v) is 7.61. The van der Waals surface area contributed by atoms with Crippen LogP contribution in [0.3, 0.4) is 0 Å². The molecule has 2 bridgehead atoms. The van der Waals surface area contributed by atoms with Crippen LogP contribution in [0.2, 0.25) is 0 Å². The lowest BCUT2D eigenvalue weighted by Crippen LogP contribution is -2.35. The van der Waals surface area contributed by atoms with Gasteiger partial charge in [-0.3, -0.25) is 14.5 Å². The molecule has 0 radical (unpaired) electrons. The number of likely N-dealkylation sites (tertiary alicyclic amines) is 1. The smallest absolute Gasteiger partial charge is 0.235 e. The molecule has 4 atom stereocenters. The third kappa shape index (κ3) is 6.31. The predicted molar refractivity (Wildman–Crippen MR) is 121 cm³/mol. The number of amides is 2. The summed E-state index contributed by atoms with van der Waals surface area (Å²) in [5, 5.41) is 0. The molecule has 0 aromatic heterocycles. The van der Waals surface area contributed by atoms with E-state index >= 15 is 0 Å². The Labute approximate surface area is 184 Å². The Hall–Kier alpha value is -0.900. The van der Waals surface area contributed by atoms with Gasteiger partial charge in [-0.2, -0.15) is 0 Å². The maximum atomic E-state index is 12.6. The van der Waals surface area contributed by atoms with E-state index in [-0.39, 0.29) is 35.9 Å². The molecule has 3 saturated heterocycles. The van der Waals surface area contributed by atoms with Gasteiger partial charge in [0, 0.05) is 6.54 Å². The van der Waals surface area contributed by atoms with Gasteiger partial charge in [-0.1, -0.05) is 103 Å². The molecule has 4 heteroatoms. The quantitative estimate of drug-likeness (QED) is 0.202. The van der Waals surface area contributed by atoms with Crippen molar-refractivity contribution in [1.82, 2.24) is 4.90 Å². The highest BCUT2D eigenvalue weighted by molar-refractivity contribution is 6.06. The molecule has 3 heterocycles. The summed E-state index contributed by atoms with van der Waals surface area (Å²) in [5.41, 5.74) is 0. The van der Waals surface area contributed by atoms with E-state index in [1.165, 1.54) is 89.9 Å². The molecule has 30 heavy (non-hydrogen) atoms. The van der Waals surface area contributed by atoms with Gasteiger partial charge in [0.15, 0.2) is 0 Å². The highest BCUT2D eigenvalue weighted by Gasteiger charge is 2.62. The predicted octanol–water partition coefficient (Wildman–Crippen LogP) is 6.41. The average Bonchev–Trinajstić information content (AvgIpc) is 3.43. The van der Waals surface area contributed by atoms with Gasteiger partial charge < -0.3 is 4.74 Å².